The second kappa shape index (κ2) is 2.39. The Hall–Kier alpha value is -1.70. The van der Waals surface area contributed by atoms with Gasteiger partial charge >= 0.3 is 0 Å². The molecule has 0 amide bonds. The molecule has 0 radical (unpaired) electrons. The summed E-state index contributed by atoms with van der Waals surface area (Å²) in [4.78, 5) is 8.56. The van der Waals surface area contributed by atoms with E-state index in [4.69, 9.17) is 0 Å². The fraction of sp³-hybridized carbons (Fsp3) is 0.0909. The van der Waals surface area contributed by atoms with Gasteiger partial charge in [0.25, 0.3) is 0 Å². The molecule has 0 atom stereocenters. The first kappa shape index (κ1) is 6.78. The molecule has 2 nitrogen and oxygen atoms in total. The van der Waals surface area contributed by atoms with Crippen LogP contribution in [0.15, 0.2) is 41.5 Å². The van der Waals surface area contributed by atoms with Gasteiger partial charge in [-0.15, -0.1) is 0 Å². The highest BCUT2D eigenvalue weighted by atomic mass is 14.9. The van der Waals surface area contributed by atoms with Gasteiger partial charge in [0.2, 0.25) is 0 Å². The number of hydrogen-bond donors (Lipinski definition) is 0. The van der Waals surface area contributed by atoms with Gasteiger partial charge in [-0.1, -0.05) is 24.3 Å². The summed E-state index contributed by atoms with van der Waals surface area (Å²) >= 11 is 0. The lowest BCUT2D eigenvalue weighted by Gasteiger charge is -1.99. The number of pyridine rings is 1. The number of hydrogen-bond acceptors (Lipinski definition) is 2. The van der Waals surface area contributed by atoms with Gasteiger partial charge in [0.1, 0.15) is 0 Å². The molecule has 0 saturated carbocycles. The summed E-state index contributed by atoms with van der Waals surface area (Å²) < 4.78 is 0. The third-order valence-corrected chi connectivity index (χ3v) is 2.26. The molecule has 1 aliphatic heterocycles. The first-order valence-corrected chi connectivity index (χ1v) is 4.32. The summed E-state index contributed by atoms with van der Waals surface area (Å²) in [6, 6.07) is 10.3. The van der Waals surface area contributed by atoms with Crippen LogP contribution in [0.1, 0.15) is 5.56 Å². The van der Waals surface area contributed by atoms with E-state index in [1.807, 2.05) is 12.3 Å². The fourth-order valence-corrected chi connectivity index (χ4v) is 1.55. The zero-order valence-electron chi connectivity index (χ0n) is 7.07. The van der Waals surface area contributed by atoms with Gasteiger partial charge in [0.05, 0.1) is 17.8 Å². The Balaban J connectivity index is 2.39. The maximum absolute atomic E-state index is 4.36. The van der Waals surface area contributed by atoms with Gasteiger partial charge in [-0.05, 0) is 6.07 Å². The molecule has 0 bridgehead atoms. The van der Waals surface area contributed by atoms with E-state index >= 15 is 0 Å². The highest BCUT2D eigenvalue weighted by Crippen LogP contribution is 2.20. The molecule has 2 heterocycles. The second-order valence-electron chi connectivity index (χ2n) is 3.14. The van der Waals surface area contributed by atoms with E-state index in [9.17, 15) is 0 Å². The van der Waals surface area contributed by atoms with Crippen molar-refractivity contribution in [3.8, 4) is 0 Å². The number of para-hydroxylation sites is 1. The van der Waals surface area contributed by atoms with Crippen LogP contribution in [0.3, 0.4) is 0 Å². The summed E-state index contributed by atoms with van der Waals surface area (Å²) in [5.41, 5.74) is 3.45. The van der Waals surface area contributed by atoms with E-state index in [2.05, 4.69) is 34.2 Å². The monoisotopic (exact) mass is 168 g/mol. The highest BCUT2D eigenvalue weighted by molar-refractivity contribution is 6.16. The predicted octanol–water partition coefficient (Wildman–Crippen LogP) is 2.04. The lowest BCUT2D eigenvalue weighted by Crippen LogP contribution is -1.91. The number of benzene rings is 1. The Bertz CT molecular complexity index is 495. The topological polar surface area (TPSA) is 25.2 Å². The van der Waals surface area contributed by atoms with Crippen LogP contribution in [0.4, 0.5) is 0 Å². The van der Waals surface area contributed by atoms with Crippen LogP contribution in [-0.2, 0) is 0 Å². The lowest BCUT2D eigenvalue weighted by atomic mass is 10.1. The molecule has 0 aliphatic carbocycles. The molecule has 0 fully saturated rings. The SMILES string of the molecule is c1cnc2c(C3=NC3)cccc2c1. The summed E-state index contributed by atoms with van der Waals surface area (Å²) in [5, 5.41) is 1.19. The molecule has 2 aromatic rings. The second-order valence-corrected chi connectivity index (χ2v) is 3.14. The number of aliphatic imine (C=N–C) groups is 1. The first-order chi connectivity index (χ1) is 6.45. The number of aromatic nitrogens is 1. The summed E-state index contributed by atoms with van der Waals surface area (Å²) in [5.74, 6) is 0. The van der Waals surface area contributed by atoms with Crippen molar-refractivity contribution in [1.29, 1.82) is 0 Å². The van der Waals surface area contributed by atoms with E-state index in [0.717, 1.165) is 12.1 Å². The van der Waals surface area contributed by atoms with Crippen LogP contribution in [0.25, 0.3) is 10.9 Å². The molecule has 2 heteroatoms. The van der Waals surface area contributed by atoms with Crippen LogP contribution in [0, 0.1) is 0 Å². The van der Waals surface area contributed by atoms with Crippen molar-refractivity contribution in [2.24, 2.45) is 4.99 Å². The van der Waals surface area contributed by atoms with Crippen molar-refractivity contribution in [3.05, 3.63) is 42.1 Å². The minimum atomic E-state index is 0.885. The molecule has 13 heavy (non-hydrogen) atoms. The Morgan fingerprint density at radius 1 is 1.08 bits per heavy atom. The van der Waals surface area contributed by atoms with Crippen LogP contribution >= 0.6 is 0 Å². The minimum absolute atomic E-state index is 0.885. The molecule has 0 saturated heterocycles. The van der Waals surface area contributed by atoms with Gasteiger partial charge in [-0.3, -0.25) is 9.98 Å². The summed E-state index contributed by atoms with van der Waals surface area (Å²) in [6.07, 6.45) is 1.83. The maximum atomic E-state index is 4.36. The normalized spacial score (nSPS) is 14.3. The average molecular weight is 168 g/mol. The van der Waals surface area contributed by atoms with Crippen molar-refractivity contribution >= 4 is 16.6 Å². The summed E-state index contributed by atoms with van der Waals surface area (Å²) in [6.45, 7) is 0.885. The molecule has 3 rings (SSSR count). The highest BCUT2D eigenvalue weighted by Gasteiger charge is 2.15. The van der Waals surface area contributed by atoms with Crippen LogP contribution in [0.5, 0.6) is 0 Å². The lowest BCUT2D eigenvalue weighted by molar-refractivity contribution is 1.41. The zero-order valence-corrected chi connectivity index (χ0v) is 7.07. The van der Waals surface area contributed by atoms with Gasteiger partial charge in [0.15, 0.2) is 0 Å². The van der Waals surface area contributed by atoms with Crippen LogP contribution < -0.4 is 0 Å². The standard InChI is InChI=1S/C11H8N2/c1-3-8-4-2-6-12-11(8)9(5-1)10-7-13-10/h1-6H,7H2. The third kappa shape index (κ3) is 1.03. The van der Waals surface area contributed by atoms with Crippen molar-refractivity contribution < 1.29 is 0 Å². The molecule has 1 aromatic heterocycles. The molecule has 1 aliphatic rings. The smallest absolute Gasteiger partial charge is 0.0818 e. The molecular formula is C11H8N2. The van der Waals surface area contributed by atoms with Crippen molar-refractivity contribution in [3.63, 3.8) is 0 Å². The Labute approximate surface area is 76.0 Å². The molecular weight excluding hydrogens is 160 g/mol. The van der Waals surface area contributed by atoms with Gasteiger partial charge in [0, 0.05) is 17.1 Å². The van der Waals surface area contributed by atoms with Crippen molar-refractivity contribution in [2.45, 2.75) is 0 Å². The number of fused-ring (bicyclic) bond motifs is 1. The number of rotatable bonds is 1. The zero-order chi connectivity index (χ0) is 8.67. The van der Waals surface area contributed by atoms with E-state index in [0.29, 0.717) is 0 Å². The van der Waals surface area contributed by atoms with Gasteiger partial charge < -0.3 is 0 Å². The minimum Gasteiger partial charge on any atom is -0.281 e. The number of nitrogens with zero attached hydrogens (tertiary/aromatic N) is 2. The predicted molar refractivity (Wildman–Crippen MR) is 53.1 cm³/mol. The third-order valence-electron chi connectivity index (χ3n) is 2.26. The average Bonchev–Trinajstić information content (AvgIpc) is 3.00. The van der Waals surface area contributed by atoms with E-state index < -0.39 is 0 Å². The Morgan fingerprint density at radius 2 is 1.92 bits per heavy atom. The van der Waals surface area contributed by atoms with Crippen LogP contribution in [-0.4, -0.2) is 17.2 Å². The Kier molecular flexibility index (Phi) is 1.25. The summed E-state index contributed by atoms with van der Waals surface area (Å²) in [7, 11) is 0. The first-order valence-electron chi connectivity index (χ1n) is 4.32. The van der Waals surface area contributed by atoms with E-state index in [-0.39, 0.29) is 0 Å². The van der Waals surface area contributed by atoms with E-state index in [1.54, 1.807) is 0 Å². The fourth-order valence-electron chi connectivity index (χ4n) is 1.55. The van der Waals surface area contributed by atoms with Crippen molar-refractivity contribution in [2.75, 3.05) is 6.54 Å². The van der Waals surface area contributed by atoms with Crippen LogP contribution in [0.2, 0.25) is 0 Å². The van der Waals surface area contributed by atoms with Gasteiger partial charge in [-0.2, -0.15) is 0 Å². The molecule has 0 N–H and O–H groups in total. The largest absolute Gasteiger partial charge is 0.281 e. The Morgan fingerprint density at radius 3 is 2.77 bits per heavy atom. The molecule has 1 aromatic carbocycles. The quantitative estimate of drug-likeness (QED) is 0.639. The maximum Gasteiger partial charge on any atom is 0.0818 e. The molecule has 0 unspecified atom stereocenters. The van der Waals surface area contributed by atoms with Gasteiger partial charge in [-0.25, -0.2) is 0 Å². The van der Waals surface area contributed by atoms with E-state index in [1.165, 1.54) is 16.7 Å². The molecule has 62 valence electrons. The van der Waals surface area contributed by atoms with Crippen molar-refractivity contribution in [1.82, 2.24) is 4.98 Å². The molecule has 0 spiro atoms.